The number of amides is 2. The fourth-order valence-electron chi connectivity index (χ4n) is 3.27. The number of aryl methyl sites for hydroxylation is 1. The SMILES string of the molecule is CCn1c(CC(=O)Nc2ccc(C)cc2)nnc1SC(C)C(=O)Nc1ccc2c(c1)OCO2. The number of nitrogens with one attached hydrogen (secondary N) is 2. The second kappa shape index (κ2) is 9.95. The third-order valence-electron chi connectivity index (χ3n) is 5.06. The number of rotatable bonds is 8. The number of ether oxygens (including phenoxy) is 2. The molecule has 0 radical (unpaired) electrons. The van der Waals surface area contributed by atoms with Crippen molar-refractivity contribution in [2.24, 2.45) is 0 Å². The van der Waals surface area contributed by atoms with Gasteiger partial charge >= 0.3 is 0 Å². The van der Waals surface area contributed by atoms with Crippen molar-refractivity contribution in [3.8, 4) is 11.5 Å². The summed E-state index contributed by atoms with van der Waals surface area (Å²) >= 11 is 1.29. The predicted molar refractivity (Wildman–Crippen MR) is 126 cm³/mol. The molecule has 0 saturated heterocycles. The normalized spacial score (nSPS) is 12.9. The number of aromatic nitrogens is 3. The van der Waals surface area contributed by atoms with Crippen molar-refractivity contribution in [1.82, 2.24) is 14.8 Å². The number of benzene rings is 2. The minimum absolute atomic E-state index is 0.0903. The molecule has 2 heterocycles. The fourth-order valence-corrected chi connectivity index (χ4v) is 4.20. The molecular formula is C23H25N5O4S. The first-order valence-electron chi connectivity index (χ1n) is 10.6. The lowest BCUT2D eigenvalue weighted by molar-refractivity contribution is -0.116. The van der Waals surface area contributed by atoms with E-state index in [-0.39, 0.29) is 25.0 Å². The highest BCUT2D eigenvalue weighted by Gasteiger charge is 2.22. The number of carbonyl (C=O) groups excluding carboxylic acids is 2. The van der Waals surface area contributed by atoms with Gasteiger partial charge in [0.05, 0.1) is 11.7 Å². The molecule has 1 aromatic heterocycles. The largest absolute Gasteiger partial charge is 0.454 e. The molecule has 2 aromatic carbocycles. The van der Waals surface area contributed by atoms with E-state index in [4.69, 9.17) is 9.47 Å². The first-order valence-corrected chi connectivity index (χ1v) is 11.5. The van der Waals surface area contributed by atoms with Crippen molar-refractivity contribution in [3.63, 3.8) is 0 Å². The summed E-state index contributed by atoms with van der Waals surface area (Å²) < 4.78 is 12.5. The Labute approximate surface area is 195 Å². The molecular weight excluding hydrogens is 442 g/mol. The van der Waals surface area contributed by atoms with Crippen molar-refractivity contribution in [1.29, 1.82) is 0 Å². The summed E-state index contributed by atoms with van der Waals surface area (Å²) in [5, 5.41) is 14.3. The van der Waals surface area contributed by atoms with Gasteiger partial charge in [-0.3, -0.25) is 9.59 Å². The Morgan fingerprint density at radius 3 is 2.55 bits per heavy atom. The number of hydrogen-bond donors (Lipinski definition) is 2. The molecule has 0 spiro atoms. The molecule has 33 heavy (non-hydrogen) atoms. The molecule has 1 aliphatic heterocycles. The third-order valence-corrected chi connectivity index (χ3v) is 6.14. The maximum absolute atomic E-state index is 12.7. The smallest absolute Gasteiger partial charge is 0.237 e. The van der Waals surface area contributed by atoms with Crippen LogP contribution in [0.1, 0.15) is 25.2 Å². The lowest BCUT2D eigenvalue weighted by atomic mass is 10.2. The number of fused-ring (bicyclic) bond motifs is 1. The molecule has 3 aromatic rings. The average molecular weight is 468 g/mol. The van der Waals surface area contributed by atoms with E-state index < -0.39 is 5.25 Å². The van der Waals surface area contributed by atoms with Crippen LogP contribution in [-0.4, -0.2) is 38.6 Å². The molecule has 172 valence electrons. The van der Waals surface area contributed by atoms with E-state index in [9.17, 15) is 9.59 Å². The molecule has 10 heteroatoms. The molecule has 2 N–H and O–H groups in total. The van der Waals surface area contributed by atoms with Crippen LogP contribution in [0.2, 0.25) is 0 Å². The molecule has 2 amide bonds. The summed E-state index contributed by atoms with van der Waals surface area (Å²) in [4.78, 5) is 25.2. The van der Waals surface area contributed by atoms with Crippen LogP contribution in [-0.2, 0) is 22.6 Å². The number of hydrogen-bond acceptors (Lipinski definition) is 7. The Balaban J connectivity index is 1.37. The minimum atomic E-state index is -0.431. The first-order chi connectivity index (χ1) is 15.9. The quantitative estimate of drug-likeness (QED) is 0.487. The zero-order valence-electron chi connectivity index (χ0n) is 18.6. The Hall–Kier alpha value is -3.53. The maximum Gasteiger partial charge on any atom is 0.237 e. The van der Waals surface area contributed by atoms with Gasteiger partial charge in [0.2, 0.25) is 18.6 Å². The van der Waals surface area contributed by atoms with Crippen LogP contribution in [0.4, 0.5) is 11.4 Å². The van der Waals surface area contributed by atoms with Gasteiger partial charge in [-0.25, -0.2) is 0 Å². The average Bonchev–Trinajstić information content (AvgIpc) is 3.41. The van der Waals surface area contributed by atoms with Gasteiger partial charge in [0.25, 0.3) is 0 Å². The second-order valence-electron chi connectivity index (χ2n) is 7.55. The van der Waals surface area contributed by atoms with E-state index in [1.54, 1.807) is 25.1 Å². The van der Waals surface area contributed by atoms with Crippen LogP contribution >= 0.6 is 11.8 Å². The summed E-state index contributed by atoms with van der Waals surface area (Å²) in [6, 6.07) is 12.9. The Morgan fingerprint density at radius 1 is 1.06 bits per heavy atom. The number of carbonyl (C=O) groups is 2. The van der Waals surface area contributed by atoms with E-state index in [1.165, 1.54) is 11.8 Å². The zero-order chi connectivity index (χ0) is 23.4. The highest BCUT2D eigenvalue weighted by atomic mass is 32.2. The molecule has 0 aliphatic carbocycles. The van der Waals surface area contributed by atoms with Crippen LogP contribution in [0.15, 0.2) is 47.6 Å². The summed E-state index contributed by atoms with van der Waals surface area (Å²) in [5.74, 6) is 1.46. The number of nitrogens with zero attached hydrogens (tertiary/aromatic N) is 3. The predicted octanol–water partition coefficient (Wildman–Crippen LogP) is 3.64. The van der Waals surface area contributed by atoms with Gasteiger partial charge in [-0.15, -0.1) is 10.2 Å². The number of thioether (sulfide) groups is 1. The van der Waals surface area contributed by atoms with E-state index in [1.807, 2.05) is 42.7 Å². The Morgan fingerprint density at radius 2 is 1.79 bits per heavy atom. The van der Waals surface area contributed by atoms with Gasteiger partial charge < -0.3 is 24.7 Å². The van der Waals surface area contributed by atoms with Gasteiger partial charge in [0.1, 0.15) is 5.82 Å². The van der Waals surface area contributed by atoms with E-state index in [0.29, 0.717) is 34.7 Å². The number of anilines is 2. The Kier molecular flexibility index (Phi) is 6.83. The molecule has 1 unspecified atom stereocenters. The molecule has 4 rings (SSSR count). The van der Waals surface area contributed by atoms with Crippen molar-refractivity contribution >= 4 is 35.0 Å². The van der Waals surface area contributed by atoms with E-state index in [2.05, 4.69) is 20.8 Å². The summed E-state index contributed by atoms with van der Waals surface area (Å²) in [6.45, 7) is 6.50. The zero-order valence-corrected chi connectivity index (χ0v) is 19.4. The monoisotopic (exact) mass is 467 g/mol. The fraction of sp³-hybridized carbons (Fsp3) is 0.304. The second-order valence-corrected chi connectivity index (χ2v) is 8.86. The highest BCUT2D eigenvalue weighted by molar-refractivity contribution is 8.00. The maximum atomic E-state index is 12.7. The topological polar surface area (TPSA) is 107 Å². The first kappa shape index (κ1) is 22.7. The van der Waals surface area contributed by atoms with Crippen molar-refractivity contribution < 1.29 is 19.1 Å². The summed E-state index contributed by atoms with van der Waals surface area (Å²) in [5.41, 5.74) is 2.48. The molecule has 0 saturated carbocycles. The van der Waals surface area contributed by atoms with Crippen molar-refractivity contribution in [2.45, 2.75) is 44.1 Å². The van der Waals surface area contributed by atoms with E-state index in [0.717, 1.165) is 11.3 Å². The summed E-state index contributed by atoms with van der Waals surface area (Å²) in [6.07, 6.45) is 0.0903. The molecule has 0 fully saturated rings. The van der Waals surface area contributed by atoms with Gasteiger partial charge in [-0.1, -0.05) is 29.5 Å². The van der Waals surface area contributed by atoms with Crippen LogP contribution < -0.4 is 20.1 Å². The minimum Gasteiger partial charge on any atom is -0.454 e. The third kappa shape index (κ3) is 5.46. The summed E-state index contributed by atoms with van der Waals surface area (Å²) in [7, 11) is 0. The highest BCUT2D eigenvalue weighted by Crippen LogP contribution is 2.34. The molecule has 0 bridgehead atoms. The molecule has 1 aliphatic rings. The molecule has 9 nitrogen and oxygen atoms in total. The van der Waals surface area contributed by atoms with Gasteiger partial charge in [-0.2, -0.15) is 0 Å². The van der Waals surface area contributed by atoms with E-state index >= 15 is 0 Å². The van der Waals surface area contributed by atoms with Crippen molar-refractivity contribution in [2.75, 3.05) is 17.4 Å². The molecule has 1 atom stereocenters. The van der Waals surface area contributed by atoms with Gasteiger partial charge in [0, 0.05) is 24.0 Å². The lowest BCUT2D eigenvalue weighted by Gasteiger charge is -2.13. The van der Waals surface area contributed by atoms with Crippen LogP contribution in [0.5, 0.6) is 11.5 Å². The van der Waals surface area contributed by atoms with Gasteiger partial charge in [-0.05, 0) is 45.0 Å². The van der Waals surface area contributed by atoms with Crippen LogP contribution in [0, 0.1) is 6.92 Å². The standard InChI is InChI=1S/C23H25N5O4S/c1-4-28-20(12-21(29)24-16-7-5-14(2)6-8-16)26-27-23(28)33-15(3)22(30)25-17-9-10-18-19(11-17)32-13-31-18/h5-11,15H,4,12-13H2,1-3H3,(H,24,29)(H,25,30). The lowest BCUT2D eigenvalue weighted by Crippen LogP contribution is -2.23. The van der Waals surface area contributed by atoms with Crippen molar-refractivity contribution in [3.05, 3.63) is 53.9 Å². The Bertz CT molecular complexity index is 1160. The van der Waals surface area contributed by atoms with Crippen LogP contribution in [0.25, 0.3) is 0 Å². The van der Waals surface area contributed by atoms with Gasteiger partial charge in [0.15, 0.2) is 16.7 Å². The van der Waals surface area contributed by atoms with Crippen LogP contribution in [0.3, 0.4) is 0 Å².